The molecule has 0 radical (unpaired) electrons. The number of aliphatic hydroxyl groups excluding tert-OH is 1. The van der Waals surface area contributed by atoms with Gasteiger partial charge in [0.2, 0.25) is 0 Å². The highest BCUT2D eigenvalue weighted by Gasteiger charge is 2.14. The molecule has 2 aromatic rings. The number of aliphatic hydroxyl groups is 1. The van der Waals surface area contributed by atoms with E-state index in [4.69, 9.17) is 20.9 Å². The molecule has 0 saturated heterocycles. The fraction of sp³-hybridized carbons (Fsp3) is 0.429. The maximum atomic E-state index is 9.67. The van der Waals surface area contributed by atoms with E-state index >= 15 is 0 Å². The number of hydrogen-bond acceptors (Lipinski definition) is 6. The molecule has 114 valence electrons. The summed E-state index contributed by atoms with van der Waals surface area (Å²) in [6.45, 7) is 1.22. The quantitative estimate of drug-likeness (QED) is 0.841. The summed E-state index contributed by atoms with van der Waals surface area (Å²) >= 11 is 6.09. The second-order valence-corrected chi connectivity index (χ2v) is 5.21. The number of benzene rings is 1. The zero-order valence-electron chi connectivity index (χ0n) is 12.0. The molecular formula is C14H18ClN3O3. The molecule has 0 saturated carbocycles. The smallest absolute Gasteiger partial charge is 0.259 e. The molecule has 0 fully saturated rings. The summed E-state index contributed by atoms with van der Waals surface area (Å²) in [5, 5.41) is 14.2. The van der Waals surface area contributed by atoms with E-state index in [0.717, 1.165) is 0 Å². The maximum absolute atomic E-state index is 9.67. The lowest BCUT2D eigenvalue weighted by Crippen LogP contribution is -2.31. The summed E-state index contributed by atoms with van der Waals surface area (Å²) in [5.41, 5.74) is 0.708. The predicted octanol–water partition coefficient (Wildman–Crippen LogP) is 1.83. The van der Waals surface area contributed by atoms with Crippen molar-refractivity contribution < 1.29 is 14.4 Å². The Balaban J connectivity index is 1.99. The Morgan fingerprint density at radius 2 is 2.19 bits per heavy atom. The van der Waals surface area contributed by atoms with Crippen LogP contribution in [0.15, 0.2) is 28.8 Å². The molecule has 1 aromatic heterocycles. The molecule has 7 heteroatoms. The zero-order chi connectivity index (χ0) is 15.2. The van der Waals surface area contributed by atoms with Gasteiger partial charge in [0.1, 0.15) is 0 Å². The van der Waals surface area contributed by atoms with Crippen molar-refractivity contribution >= 4 is 11.6 Å². The van der Waals surface area contributed by atoms with Gasteiger partial charge in [-0.25, -0.2) is 0 Å². The second kappa shape index (κ2) is 7.51. The van der Waals surface area contributed by atoms with Gasteiger partial charge in [0.05, 0.1) is 29.8 Å². The van der Waals surface area contributed by atoms with Crippen LogP contribution in [0.1, 0.15) is 5.82 Å². The van der Waals surface area contributed by atoms with Crippen LogP contribution >= 0.6 is 11.6 Å². The highest BCUT2D eigenvalue weighted by Crippen LogP contribution is 2.25. The monoisotopic (exact) mass is 311 g/mol. The topological polar surface area (TPSA) is 71.6 Å². The molecule has 1 unspecified atom stereocenters. The molecule has 0 amide bonds. The summed E-state index contributed by atoms with van der Waals surface area (Å²) in [5.74, 6) is 0.929. The van der Waals surface area contributed by atoms with Crippen LogP contribution < -0.4 is 0 Å². The number of methoxy groups -OCH3 is 1. The Morgan fingerprint density at radius 1 is 1.43 bits per heavy atom. The summed E-state index contributed by atoms with van der Waals surface area (Å²) in [6.07, 6.45) is -0.546. The number of rotatable bonds is 7. The van der Waals surface area contributed by atoms with Crippen LogP contribution in [0, 0.1) is 0 Å². The molecule has 21 heavy (non-hydrogen) atoms. The first-order chi connectivity index (χ1) is 10.1. The van der Waals surface area contributed by atoms with Crippen molar-refractivity contribution in [3.05, 3.63) is 35.1 Å². The van der Waals surface area contributed by atoms with Gasteiger partial charge in [0.15, 0.2) is 5.82 Å². The van der Waals surface area contributed by atoms with E-state index in [9.17, 15) is 5.11 Å². The number of hydrogen-bond donors (Lipinski definition) is 1. The average molecular weight is 312 g/mol. The lowest BCUT2D eigenvalue weighted by atomic mass is 10.2. The van der Waals surface area contributed by atoms with Crippen molar-refractivity contribution in [2.75, 3.05) is 27.3 Å². The van der Waals surface area contributed by atoms with Crippen LogP contribution in [0.3, 0.4) is 0 Å². The molecule has 0 aliphatic rings. The van der Waals surface area contributed by atoms with Gasteiger partial charge in [-0.3, -0.25) is 4.90 Å². The minimum atomic E-state index is -0.546. The zero-order valence-corrected chi connectivity index (χ0v) is 12.7. The van der Waals surface area contributed by atoms with Crippen LogP contribution in [0.2, 0.25) is 5.02 Å². The number of nitrogens with zero attached hydrogens (tertiary/aromatic N) is 3. The van der Waals surface area contributed by atoms with E-state index in [2.05, 4.69) is 10.1 Å². The van der Waals surface area contributed by atoms with E-state index in [1.807, 2.05) is 30.1 Å². The van der Waals surface area contributed by atoms with Gasteiger partial charge in [-0.15, -0.1) is 0 Å². The molecule has 0 aliphatic carbocycles. The molecule has 1 N–H and O–H groups in total. The third-order valence-corrected chi connectivity index (χ3v) is 3.19. The van der Waals surface area contributed by atoms with Crippen molar-refractivity contribution in [2.24, 2.45) is 0 Å². The summed E-state index contributed by atoms with van der Waals surface area (Å²) in [6, 6.07) is 7.30. The van der Waals surface area contributed by atoms with Gasteiger partial charge in [0.25, 0.3) is 5.89 Å². The highest BCUT2D eigenvalue weighted by atomic mass is 35.5. The Bertz CT molecular complexity index is 576. The largest absolute Gasteiger partial charge is 0.389 e. The summed E-state index contributed by atoms with van der Waals surface area (Å²) in [4.78, 5) is 6.21. The van der Waals surface area contributed by atoms with Gasteiger partial charge in [-0.1, -0.05) is 28.9 Å². The van der Waals surface area contributed by atoms with Crippen molar-refractivity contribution in [3.8, 4) is 11.5 Å². The molecule has 1 heterocycles. The normalized spacial score (nSPS) is 12.8. The summed E-state index contributed by atoms with van der Waals surface area (Å²) < 4.78 is 10.1. The van der Waals surface area contributed by atoms with Gasteiger partial charge in [-0.05, 0) is 19.2 Å². The Morgan fingerprint density at radius 3 is 2.90 bits per heavy atom. The number of likely N-dealkylation sites (N-methyl/N-ethyl adjacent to an activating group) is 1. The van der Waals surface area contributed by atoms with Crippen LogP contribution in [0.25, 0.3) is 11.5 Å². The van der Waals surface area contributed by atoms with Gasteiger partial charge < -0.3 is 14.4 Å². The number of halogens is 1. The molecule has 1 atom stereocenters. The van der Waals surface area contributed by atoms with Gasteiger partial charge >= 0.3 is 0 Å². The first kappa shape index (κ1) is 15.9. The lowest BCUT2D eigenvalue weighted by molar-refractivity contribution is 0.0413. The Hall–Kier alpha value is -1.47. The van der Waals surface area contributed by atoms with E-state index in [1.54, 1.807) is 13.2 Å². The molecule has 1 aromatic carbocycles. The standard InChI is InChI=1S/C14H18ClN3O3/c1-18(7-10(19)9-20-2)8-13-16-14(21-17-13)11-5-3-4-6-12(11)15/h3-6,10,19H,7-9H2,1-2H3. The lowest BCUT2D eigenvalue weighted by Gasteiger charge is -2.18. The molecule has 0 aliphatic heterocycles. The molecule has 2 rings (SSSR count). The number of aromatic nitrogens is 2. The first-order valence-electron chi connectivity index (χ1n) is 6.53. The minimum Gasteiger partial charge on any atom is -0.389 e. The fourth-order valence-electron chi connectivity index (χ4n) is 1.97. The Kier molecular flexibility index (Phi) is 5.69. The molecule has 0 spiro atoms. The van der Waals surface area contributed by atoms with Gasteiger partial charge in [0, 0.05) is 13.7 Å². The molecular weight excluding hydrogens is 294 g/mol. The third-order valence-electron chi connectivity index (χ3n) is 2.87. The van der Waals surface area contributed by atoms with E-state index in [0.29, 0.717) is 42.0 Å². The SMILES string of the molecule is COCC(O)CN(C)Cc1noc(-c2ccccc2Cl)n1. The maximum Gasteiger partial charge on any atom is 0.259 e. The third kappa shape index (κ3) is 4.50. The van der Waals surface area contributed by atoms with Gasteiger partial charge in [-0.2, -0.15) is 4.98 Å². The van der Waals surface area contributed by atoms with Crippen molar-refractivity contribution in [3.63, 3.8) is 0 Å². The molecule has 6 nitrogen and oxygen atoms in total. The van der Waals surface area contributed by atoms with Crippen molar-refractivity contribution in [1.29, 1.82) is 0 Å². The molecule has 0 bridgehead atoms. The van der Waals surface area contributed by atoms with Crippen molar-refractivity contribution in [1.82, 2.24) is 15.0 Å². The fourth-order valence-corrected chi connectivity index (χ4v) is 2.19. The Labute approximate surface area is 128 Å². The number of ether oxygens (including phenoxy) is 1. The van der Waals surface area contributed by atoms with E-state index in [-0.39, 0.29) is 0 Å². The minimum absolute atomic E-state index is 0.293. The summed E-state index contributed by atoms with van der Waals surface area (Å²) in [7, 11) is 3.42. The van der Waals surface area contributed by atoms with Crippen LogP contribution in [-0.4, -0.2) is 53.6 Å². The average Bonchev–Trinajstić information content (AvgIpc) is 2.87. The van der Waals surface area contributed by atoms with Crippen molar-refractivity contribution in [2.45, 2.75) is 12.6 Å². The predicted molar refractivity (Wildman–Crippen MR) is 79.0 cm³/mol. The second-order valence-electron chi connectivity index (χ2n) is 4.80. The van der Waals surface area contributed by atoms with Crippen LogP contribution in [0.4, 0.5) is 0 Å². The van der Waals surface area contributed by atoms with E-state index in [1.165, 1.54) is 0 Å². The van der Waals surface area contributed by atoms with Crippen LogP contribution in [0.5, 0.6) is 0 Å². The van der Waals surface area contributed by atoms with E-state index < -0.39 is 6.10 Å². The van der Waals surface area contributed by atoms with Crippen LogP contribution in [-0.2, 0) is 11.3 Å². The first-order valence-corrected chi connectivity index (χ1v) is 6.91. The highest BCUT2D eigenvalue weighted by molar-refractivity contribution is 6.33.